The van der Waals surface area contributed by atoms with Crippen molar-refractivity contribution in [3.05, 3.63) is 0 Å². The summed E-state index contributed by atoms with van der Waals surface area (Å²) in [5.74, 6) is 0. The maximum Gasteiger partial charge on any atom is 0.0710 e. The molecule has 2 saturated heterocycles. The van der Waals surface area contributed by atoms with Crippen molar-refractivity contribution in [2.45, 2.75) is 38.8 Å². The van der Waals surface area contributed by atoms with Gasteiger partial charge in [0.15, 0.2) is 0 Å². The highest BCUT2D eigenvalue weighted by Gasteiger charge is 2.38. The van der Waals surface area contributed by atoms with Gasteiger partial charge in [-0.25, -0.2) is 0 Å². The van der Waals surface area contributed by atoms with Gasteiger partial charge in [0, 0.05) is 51.4 Å². The SMILES string of the molecule is COC1CCN(CC2(CNC(C)C)CCOC2)C1. The van der Waals surface area contributed by atoms with Gasteiger partial charge in [-0.1, -0.05) is 13.8 Å². The van der Waals surface area contributed by atoms with E-state index in [-0.39, 0.29) is 0 Å². The lowest BCUT2D eigenvalue weighted by molar-refractivity contribution is 0.0878. The van der Waals surface area contributed by atoms with Crippen LogP contribution >= 0.6 is 0 Å². The molecule has 0 saturated carbocycles. The van der Waals surface area contributed by atoms with Crippen LogP contribution in [-0.4, -0.2) is 63.5 Å². The fourth-order valence-corrected chi connectivity index (χ4v) is 3.00. The molecule has 0 aromatic heterocycles. The topological polar surface area (TPSA) is 33.7 Å². The van der Waals surface area contributed by atoms with Gasteiger partial charge < -0.3 is 14.8 Å². The fourth-order valence-electron chi connectivity index (χ4n) is 3.00. The molecule has 4 heteroatoms. The van der Waals surface area contributed by atoms with Crippen LogP contribution in [0.4, 0.5) is 0 Å². The highest BCUT2D eigenvalue weighted by atomic mass is 16.5. The second-order valence-electron chi connectivity index (χ2n) is 6.22. The van der Waals surface area contributed by atoms with Crippen LogP contribution < -0.4 is 5.32 Å². The van der Waals surface area contributed by atoms with E-state index in [0.717, 1.165) is 32.8 Å². The van der Waals surface area contributed by atoms with Gasteiger partial charge >= 0.3 is 0 Å². The van der Waals surface area contributed by atoms with Gasteiger partial charge in [-0.2, -0.15) is 0 Å². The lowest BCUT2D eigenvalue weighted by Gasteiger charge is -2.33. The average Bonchev–Trinajstić information content (AvgIpc) is 2.97. The first kappa shape index (κ1) is 14.3. The Morgan fingerprint density at radius 2 is 2.33 bits per heavy atom. The second-order valence-corrected chi connectivity index (χ2v) is 6.22. The van der Waals surface area contributed by atoms with Gasteiger partial charge in [0.05, 0.1) is 12.7 Å². The molecule has 2 rings (SSSR count). The van der Waals surface area contributed by atoms with Crippen molar-refractivity contribution in [2.75, 3.05) is 46.5 Å². The predicted octanol–water partition coefficient (Wildman–Crippen LogP) is 1.11. The van der Waals surface area contributed by atoms with E-state index in [1.54, 1.807) is 0 Å². The van der Waals surface area contributed by atoms with Crippen molar-refractivity contribution in [3.63, 3.8) is 0 Å². The zero-order valence-corrected chi connectivity index (χ0v) is 12.1. The molecule has 0 aliphatic carbocycles. The first-order valence-electron chi connectivity index (χ1n) is 7.20. The summed E-state index contributed by atoms with van der Waals surface area (Å²) < 4.78 is 11.1. The van der Waals surface area contributed by atoms with Crippen LogP contribution in [-0.2, 0) is 9.47 Å². The third-order valence-electron chi connectivity index (χ3n) is 4.19. The number of nitrogens with one attached hydrogen (secondary N) is 1. The van der Waals surface area contributed by atoms with Crippen molar-refractivity contribution in [1.82, 2.24) is 10.2 Å². The smallest absolute Gasteiger partial charge is 0.0710 e. The van der Waals surface area contributed by atoms with E-state index in [1.807, 2.05) is 7.11 Å². The zero-order chi connectivity index (χ0) is 13.0. The van der Waals surface area contributed by atoms with Gasteiger partial charge in [-0.3, -0.25) is 4.90 Å². The highest BCUT2D eigenvalue weighted by Crippen LogP contribution is 2.30. The Morgan fingerprint density at radius 1 is 1.50 bits per heavy atom. The number of ether oxygens (including phenoxy) is 2. The highest BCUT2D eigenvalue weighted by molar-refractivity contribution is 4.91. The molecule has 0 aromatic carbocycles. The minimum Gasteiger partial charge on any atom is -0.381 e. The van der Waals surface area contributed by atoms with Gasteiger partial charge in [-0.15, -0.1) is 0 Å². The Hall–Kier alpha value is -0.160. The maximum absolute atomic E-state index is 5.66. The first-order valence-corrected chi connectivity index (χ1v) is 7.20. The Bertz CT molecular complexity index is 252. The summed E-state index contributed by atoms with van der Waals surface area (Å²) in [4.78, 5) is 2.55. The normalized spacial score (nSPS) is 33.7. The van der Waals surface area contributed by atoms with Crippen molar-refractivity contribution in [3.8, 4) is 0 Å². The van der Waals surface area contributed by atoms with E-state index in [2.05, 4.69) is 24.1 Å². The predicted molar refractivity (Wildman–Crippen MR) is 72.9 cm³/mol. The summed E-state index contributed by atoms with van der Waals surface area (Å²) >= 11 is 0. The lowest BCUT2D eigenvalue weighted by Crippen LogP contribution is -2.45. The minimum absolute atomic E-state index is 0.312. The second kappa shape index (κ2) is 6.33. The average molecular weight is 256 g/mol. The molecule has 0 radical (unpaired) electrons. The summed E-state index contributed by atoms with van der Waals surface area (Å²) in [6, 6.07) is 0.549. The van der Waals surface area contributed by atoms with Crippen molar-refractivity contribution < 1.29 is 9.47 Å². The largest absolute Gasteiger partial charge is 0.381 e. The molecule has 0 spiro atoms. The summed E-state index contributed by atoms with van der Waals surface area (Å²) in [6.45, 7) is 10.7. The van der Waals surface area contributed by atoms with Crippen LogP contribution in [0.15, 0.2) is 0 Å². The molecule has 2 fully saturated rings. The minimum atomic E-state index is 0.312. The summed E-state index contributed by atoms with van der Waals surface area (Å²) in [7, 11) is 1.82. The van der Waals surface area contributed by atoms with Gasteiger partial charge in [0.1, 0.15) is 0 Å². The van der Waals surface area contributed by atoms with Crippen LogP contribution in [0.3, 0.4) is 0 Å². The van der Waals surface area contributed by atoms with E-state index in [1.165, 1.54) is 19.4 Å². The van der Waals surface area contributed by atoms with Gasteiger partial charge in [0.2, 0.25) is 0 Å². The van der Waals surface area contributed by atoms with E-state index >= 15 is 0 Å². The van der Waals surface area contributed by atoms with Crippen LogP contribution in [0.5, 0.6) is 0 Å². The Labute approximate surface area is 111 Å². The molecule has 18 heavy (non-hydrogen) atoms. The quantitative estimate of drug-likeness (QED) is 0.772. The standard InChI is InChI=1S/C14H28N2O2/c1-12(2)15-9-14(5-7-18-11-14)10-16-6-4-13(8-16)17-3/h12-13,15H,4-11H2,1-3H3. The fraction of sp³-hybridized carbons (Fsp3) is 1.00. The summed E-state index contributed by atoms with van der Waals surface area (Å²) in [5.41, 5.74) is 0.312. The molecule has 2 unspecified atom stereocenters. The molecule has 106 valence electrons. The van der Waals surface area contributed by atoms with Crippen molar-refractivity contribution in [1.29, 1.82) is 0 Å². The molecule has 0 amide bonds. The van der Waals surface area contributed by atoms with Crippen molar-refractivity contribution in [2.24, 2.45) is 5.41 Å². The molecular formula is C14H28N2O2. The molecule has 2 heterocycles. The third-order valence-corrected chi connectivity index (χ3v) is 4.19. The van der Waals surface area contributed by atoms with Crippen molar-refractivity contribution >= 4 is 0 Å². The van der Waals surface area contributed by atoms with Crippen LogP contribution in [0.25, 0.3) is 0 Å². The maximum atomic E-state index is 5.66. The summed E-state index contributed by atoms with van der Waals surface area (Å²) in [6.07, 6.45) is 2.79. The lowest BCUT2D eigenvalue weighted by atomic mass is 9.86. The number of hydrogen-bond donors (Lipinski definition) is 1. The molecule has 2 aliphatic heterocycles. The Kier molecular flexibility index (Phi) is 5.01. The van der Waals surface area contributed by atoms with Gasteiger partial charge in [-0.05, 0) is 12.8 Å². The van der Waals surface area contributed by atoms with Crippen LogP contribution in [0.2, 0.25) is 0 Å². The molecule has 0 bridgehead atoms. The number of nitrogens with zero attached hydrogens (tertiary/aromatic N) is 1. The number of likely N-dealkylation sites (tertiary alicyclic amines) is 1. The van der Waals surface area contributed by atoms with E-state index in [9.17, 15) is 0 Å². The molecule has 0 aromatic rings. The number of rotatable bonds is 6. The van der Waals surface area contributed by atoms with Crippen LogP contribution in [0.1, 0.15) is 26.7 Å². The van der Waals surface area contributed by atoms with E-state index in [4.69, 9.17) is 9.47 Å². The molecular weight excluding hydrogens is 228 g/mol. The Balaban J connectivity index is 1.86. The zero-order valence-electron chi connectivity index (χ0n) is 12.1. The Morgan fingerprint density at radius 3 is 2.89 bits per heavy atom. The number of methoxy groups -OCH3 is 1. The van der Waals surface area contributed by atoms with Crippen LogP contribution in [0, 0.1) is 5.41 Å². The molecule has 4 nitrogen and oxygen atoms in total. The van der Waals surface area contributed by atoms with E-state index in [0.29, 0.717) is 17.6 Å². The summed E-state index contributed by atoms with van der Waals surface area (Å²) in [5, 5.41) is 3.59. The first-order chi connectivity index (χ1) is 8.63. The molecule has 2 aliphatic rings. The number of hydrogen-bond acceptors (Lipinski definition) is 4. The van der Waals surface area contributed by atoms with Gasteiger partial charge in [0.25, 0.3) is 0 Å². The molecule has 1 N–H and O–H groups in total. The molecule has 2 atom stereocenters. The monoisotopic (exact) mass is 256 g/mol. The third kappa shape index (κ3) is 3.67. The van der Waals surface area contributed by atoms with E-state index < -0.39 is 0 Å².